The van der Waals surface area contributed by atoms with Gasteiger partial charge in [0.25, 0.3) is 0 Å². The Balaban J connectivity index is 1.50. The molecule has 2 atom stereocenters. The van der Waals surface area contributed by atoms with Crippen LogP contribution in [0.15, 0.2) is 132 Å². The summed E-state index contributed by atoms with van der Waals surface area (Å²) in [4.78, 5) is 0. The molecule has 0 N–H and O–H groups in total. The van der Waals surface area contributed by atoms with Crippen LogP contribution in [0.5, 0.6) is 0 Å². The molecule has 0 radical (unpaired) electrons. The van der Waals surface area contributed by atoms with E-state index in [1.54, 1.807) is 84.9 Å². The van der Waals surface area contributed by atoms with E-state index in [1.807, 2.05) is 66.8 Å². The molecule has 0 fully saturated rings. The predicted molar refractivity (Wildman–Crippen MR) is 266 cm³/mol. The number of hydrogen-bond donors (Lipinski definition) is 0. The third kappa shape index (κ3) is 9.53. The molecule has 16 heteroatoms. The Morgan fingerprint density at radius 2 is 0.694 bits per heavy atom. The molecular weight excluding hydrogens is 1090 g/mol. The van der Waals surface area contributed by atoms with Gasteiger partial charge in [-0.05, 0) is 0 Å². The van der Waals surface area contributed by atoms with Gasteiger partial charge in [0, 0.05) is 0 Å². The monoisotopic (exact) mass is 1140 g/mol. The zero-order chi connectivity index (χ0) is 53.1. The van der Waals surface area contributed by atoms with Crippen molar-refractivity contribution in [3.8, 4) is 44.5 Å². The van der Waals surface area contributed by atoms with Gasteiger partial charge in [-0.2, -0.15) is 0 Å². The zero-order valence-corrected chi connectivity index (χ0v) is 45.3. The van der Waals surface area contributed by atoms with E-state index in [4.69, 9.17) is 17.0 Å². The summed E-state index contributed by atoms with van der Waals surface area (Å²) in [6.45, 7) is 15.5. The Kier molecular flexibility index (Phi) is 13.4. The molecule has 0 saturated heterocycles. The molecule has 0 aliphatic heterocycles. The number of allylic oxidation sites excluding steroid dienone is 2. The fourth-order valence-electron chi connectivity index (χ4n) is 10.8. The predicted octanol–water partition coefficient (Wildman–Crippen LogP) is 20.1. The second-order valence-electron chi connectivity index (χ2n) is 21.2. The van der Waals surface area contributed by atoms with Crippen molar-refractivity contribution in [1.82, 2.24) is 0 Å². The average Bonchev–Trinajstić information content (AvgIpc) is 3.90. The quantitative estimate of drug-likeness (QED) is 0.110. The molecular formula is C56H49Cl2F12SiZr. The van der Waals surface area contributed by atoms with Crippen LogP contribution in [0, 0.1) is 10.8 Å². The summed E-state index contributed by atoms with van der Waals surface area (Å²) in [6, 6.07) is 27.1. The Morgan fingerprint density at radius 3 is 0.944 bits per heavy atom. The van der Waals surface area contributed by atoms with Gasteiger partial charge in [-0.25, -0.2) is 0 Å². The van der Waals surface area contributed by atoms with Crippen LogP contribution in [0.1, 0.15) is 93.3 Å². The summed E-state index contributed by atoms with van der Waals surface area (Å²) in [6.07, 6.45) is -17.0. The van der Waals surface area contributed by atoms with Crippen LogP contribution in [0.4, 0.5) is 52.7 Å². The average molecular weight is 1140 g/mol. The minimum absolute atomic E-state index is 0.0884. The van der Waals surface area contributed by atoms with E-state index in [1.165, 1.54) is 0 Å². The first-order chi connectivity index (χ1) is 33.0. The van der Waals surface area contributed by atoms with E-state index in [0.717, 1.165) is 24.3 Å². The van der Waals surface area contributed by atoms with Crippen molar-refractivity contribution in [2.24, 2.45) is 10.8 Å². The van der Waals surface area contributed by atoms with Gasteiger partial charge in [0.1, 0.15) is 0 Å². The van der Waals surface area contributed by atoms with Crippen LogP contribution in [-0.4, -0.2) is 5.92 Å². The molecule has 6 aromatic rings. The van der Waals surface area contributed by atoms with Gasteiger partial charge in [0.05, 0.1) is 0 Å². The SMILES string of the molecule is C[SiH](C)[Zr]([Cl])([Cl])([CH]1C(C(C)(C)C)=Cc2c1ccc(-c1ccccc1)c2-c1cc(C(F)(F)F)cc(C(F)(F)F)c1)[CH]1C(C(C)(C)C)=Cc2c1ccc(-c1ccccc1)c2-c1cc(C(F)(F)F)cc(C(F)(F)F)c1. The van der Waals surface area contributed by atoms with Crippen LogP contribution >= 0.6 is 17.0 Å². The van der Waals surface area contributed by atoms with Crippen molar-refractivity contribution in [1.29, 1.82) is 0 Å². The molecule has 2 unspecified atom stereocenters. The van der Waals surface area contributed by atoms with E-state index < -0.39 is 86.5 Å². The summed E-state index contributed by atoms with van der Waals surface area (Å²) in [7, 11) is 17.6. The number of halogens is 14. The number of rotatable bonds is 7. The van der Waals surface area contributed by atoms with Gasteiger partial charge >= 0.3 is 422 Å². The van der Waals surface area contributed by atoms with Crippen LogP contribution in [0.2, 0.25) is 13.1 Å². The van der Waals surface area contributed by atoms with Crippen molar-refractivity contribution < 1.29 is 68.2 Å². The standard InChI is InChI=1S/2C27H21F6.C2H7Si.2ClH.Zr/c2*1-25(2,3)19-11-17-9-10-22(16-7-5-4-6-8-16)24(23(17)15-19)18-12-20(26(28,29)30)14-21(13-18)27(31,32)33;1-3-2;;;/h2*4-15H,1-3H3;3H,1-2H3;2*1H;/q;;;;;+2/p-2. The summed E-state index contributed by atoms with van der Waals surface area (Å²) in [5.41, 5.74) is -3.19. The first-order valence-corrected chi connectivity index (χ1v) is 39.4. The molecule has 0 nitrogen and oxygen atoms in total. The molecule has 72 heavy (non-hydrogen) atoms. The van der Waals surface area contributed by atoms with Crippen molar-refractivity contribution in [3.05, 3.63) is 177 Å². The third-order valence-corrected chi connectivity index (χ3v) is 65.8. The maximum atomic E-state index is 14.6. The molecule has 2 aliphatic rings. The van der Waals surface area contributed by atoms with Gasteiger partial charge in [-0.3, -0.25) is 0 Å². The zero-order valence-electron chi connectivity index (χ0n) is 40.2. The normalized spacial score (nSPS) is 17.3. The second kappa shape index (κ2) is 17.9. The summed E-state index contributed by atoms with van der Waals surface area (Å²) < 4.78 is 174. The summed E-state index contributed by atoms with van der Waals surface area (Å²) in [5.74, 6) is -2.54. The number of fused-ring (bicyclic) bond motifs is 2. The van der Waals surface area contributed by atoms with Crippen LogP contribution in [0.3, 0.4) is 0 Å². The van der Waals surface area contributed by atoms with E-state index >= 15 is 0 Å². The van der Waals surface area contributed by atoms with Gasteiger partial charge in [-0.15, -0.1) is 0 Å². The number of alkyl halides is 12. The van der Waals surface area contributed by atoms with E-state index in [0.29, 0.717) is 55.7 Å². The Bertz CT molecular complexity index is 2900. The molecule has 6 aromatic carbocycles. The van der Waals surface area contributed by atoms with Gasteiger partial charge in [0.15, 0.2) is 0 Å². The van der Waals surface area contributed by atoms with Crippen LogP contribution in [0.25, 0.3) is 56.7 Å². The second-order valence-corrected chi connectivity index (χ2v) is 63.8. The molecule has 0 amide bonds. The molecule has 0 saturated carbocycles. The van der Waals surface area contributed by atoms with Gasteiger partial charge in [-0.1, -0.05) is 0 Å². The Labute approximate surface area is 419 Å². The van der Waals surface area contributed by atoms with Crippen molar-refractivity contribution >= 4 is 35.1 Å². The molecule has 2 aliphatic carbocycles. The van der Waals surface area contributed by atoms with E-state index in [-0.39, 0.29) is 34.4 Å². The molecule has 0 spiro atoms. The maximum absolute atomic E-state index is 14.6. The fraction of sp³-hybridized carbons (Fsp3) is 0.286. The Morgan fingerprint density at radius 1 is 0.403 bits per heavy atom. The van der Waals surface area contributed by atoms with Crippen molar-refractivity contribution in [3.63, 3.8) is 0 Å². The Hall–Kier alpha value is -4.36. The number of benzene rings is 6. The fourth-order valence-corrected chi connectivity index (χ4v) is 42.2. The summed E-state index contributed by atoms with van der Waals surface area (Å²) >= 11 is -6.14. The van der Waals surface area contributed by atoms with E-state index in [9.17, 15) is 52.7 Å². The molecule has 0 aromatic heterocycles. The first kappa shape index (κ1) is 53.9. The van der Waals surface area contributed by atoms with Crippen LogP contribution in [-0.2, 0) is 40.3 Å². The van der Waals surface area contributed by atoms with Crippen LogP contribution < -0.4 is 0 Å². The topological polar surface area (TPSA) is 0 Å². The molecule has 0 heterocycles. The molecule has 379 valence electrons. The number of hydrogen-bond acceptors (Lipinski definition) is 0. The van der Waals surface area contributed by atoms with Crippen molar-refractivity contribution in [2.45, 2.75) is 86.6 Å². The third-order valence-electron chi connectivity index (χ3n) is 14.3. The van der Waals surface area contributed by atoms with E-state index in [2.05, 4.69) is 0 Å². The molecule has 8 rings (SSSR count). The van der Waals surface area contributed by atoms with Gasteiger partial charge in [0.2, 0.25) is 0 Å². The summed E-state index contributed by atoms with van der Waals surface area (Å²) in [5, 5.41) is 0. The van der Waals surface area contributed by atoms with Gasteiger partial charge < -0.3 is 0 Å². The minimum atomic E-state index is -6.14. The first-order valence-electron chi connectivity index (χ1n) is 23.1. The molecule has 0 bridgehead atoms. The van der Waals surface area contributed by atoms with Crippen molar-refractivity contribution in [2.75, 3.05) is 0 Å².